The molecule has 2 aromatic rings. The van der Waals surface area contributed by atoms with Gasteiger partial charge in [0.25, 0.3) is 0 Å². The van der Waals surface area contributed by atoms with Crippen LogP contribution in [0.1, 0.15) is 121 Å². The van der Waals surface area contributed by atoms with E-state index < -0.39 is 36.2 Å². The molecule has 5 aliphatic rings. The number of likely N-dealkylation sites (tertiary alicyclic amines) is 1. The fourth-order valence-electron chi connectivity index (χ4n) is 10.2. The molecular formula is C41H57FN4O7. The van der Waals surface area contributed by atoms with Crippen molar-refractivity contribution in [3.63, 3.8) is 0 Å². The predicted molar refractivity (Wildman–Crippen MR) is 198 cm³/mol. The van der Waals surface area contributed by atoms with Gasteiger partial charge in [0, 0.05) is 43.5 Å². The third-order valence-electron chi connectivity index (χ3n) is 12.8. The van der Waals surface area contributed by atoms with Gasteiger partial charge in [-0.15, -0.1) is 0 Å². The highest BCUT2D eigenvalue weighted by Gasteiger charge is 2.49. The lowest BCUT2D eigenvalue weighted by Crippen LogP contribution is -2.50. The molecule has 2 N–H and O–H groups in total. The second-order valence-electron chi connectivity index (χ2n) is 17.2. The molecule has 4 fully saturated rings. The van der Waals surface area contributed by atoms with E-state index in [1.54, 1.807) is 27.9 Å². The maximum absolute atomic E-state index is 14.4. The fraction of sp³-hybridized carbons (Fsp3) is 0.707. The van der Waals surface area contributed by atoms with Crippen LogP contribution in [0.3, 0.4) is 0 Å². The molecule has 1 aromatic carbocycles. The first-order valence-corrected chi connectivity index (χ1v) is 20.0. The monoisotopic (exact) mass is 736 g/mol. The molecule has 11 nitrogen and oxygen atoms in total. The van der Waals surface area contributed by atoms with Gasteiger partial charge in [0.15, 0.2) is 5.72 Å². The van der Waals surface area contributed by atoms with Crippen molar-refractivity contribution in [3.05, 3.63) is 30.0 Å². The Hall–Kier alpha value is -3.67. The predicted octanol–water partition coefficient (Wildman–Crippen LogP) is 7.46. The zero-order valence-corrected chi connectivity index (χ0v) is 31.8. The molecule has 0 bridgehead atoms. The fourth-order valence-corrected chi connectivity index (χ4v) is 10.2. The SMILES string of the molecule is COC1CCC([C@@H]2CCN(C(=O)C3CCC([C@@H](CF)NC(=O)OC(C)(C)C)CC3)[C@@H]2C(=O)Nc2ccc3c(c2)cc2n3C3(CCCCC3)OC2=O)CC1. The number of fused-ring (bicyclic) bond motifs is 4. The van der Waals surface area contributed by atoms with Crippen LogP contribution in [-0.4, -0.2) is 77.5 Å². The molecule has 1 aromatic heterocycles. The minimum atomic E-state index is -0.702. The summed E-state index contributed by atoms with van der Waals surface area (Å²) in [5, 5.41) is 6.77. The van der Waals surface area contributed by atoms with E-state index in [0.29, 0.717) is 49.5 Å². The number of nitrogens with zero attached hydrogens (tertiary/aromatic N) is 2. The van der Waals surface area contributed by atoms with Gasteiger partial charge in [-0.25, -0.2) is 14.0 Å². The normalized spacial score (nSPS) is 29.1. The molecule has 7 rings (SSSR count). The number of alkyl carbamates (subject to hydrolysis) is 1. The number of aromatic nitrogens is 1. The number of carbonyl (C=O) groups excluding carboxylic acids is 4. The summed E-state index contributed by atoms with van der Waals surface area (Å²) in [5.41, 5.74) is 0.796. The van der Waals surface area contributed by atoms with E-state index in [0.717, 1.165) is 75.1 Å². The van der Waals surface area contributed by atoms with E-state index in [-0.39, 0.29) is 41.6 Å². The van der Waals surface area contributed by atoms with Crippen molar-refractivity contribution in [1.82, 2.24) is 14.8 Å². The molecule has 2 aliphatic heterocycles. The molecule has 1 spiro atoms. The van der Waals surface area contributed by atoms with Crippen molar-refractivity contribution in [2.24, 2.45) is 23.7 Å². The zero-order chi connectivity index (χ0) is 37.5. The van der Waals surface area contributed by atoms with Gasteiger partial charge in [-0.1, -0.05) is 6.42 Å². The molecule has 0 unspecified atom stereocenters. The number of benzene rings is 1. The number of rotatable bonds is 8. The molecule has 3 atom stereocenters. The van der Waals surface area contributed by atoms with Crippen LogP contribution >= 0.6 is 0 Å². The van der Waals surface area contributed by atoms with E-state index >= 15 is 0 Å². The number of ether oxygens (including phenoxy) is 3. The van der Waals surface area contributed by atoms with Crippen LogP contribution in [0.2, 0.25) is 0 Å². The van der Waals surface area contributed by atoms with Crippen molar-refractivity contribution >= 4 is 40.5 Å². The summed E-state index contributed by atoms with van der Waals surface area (Å²) in [4.78, 5) is 55.9. The molecule has 290 valence electrons. The number of amides is 3. The summed E-state index contributed by atoms with van der Waals surface area (Å²) >= 11 is 0. The molecule has 53 heavy (non-hydrogen) atoms. The first-order valence-electron chi connectivity index (χ1n) is 20.0. The average molecular weight is 737 g/mol. The third-order valence-corrected chi connectivity index (χ3v) is 12.8. The summed E-state index contributed by atoms with van der Waals surface area (Å²) in [6, 6.07) is 6.38. The van der Waals surface area contributed by atoms with Crippen LogP contribution in [0.5, 0.6) is 0 Å². The molecule has 3 amide bonds. The van der Waals surface area contributed by atoms with E-state index in [1.165, 1.54) is 0 Å². The molecule has 1 saturated heterocycles. The van der Waals surface area contributed by atoms with Gasteiger partial charge >= 0.3 is 12.1 Å². The van der Waals surface area contributed by atoms with Gasteiger partial charge in [-0.3, -0.25) is 14.2 Å². The second-order valence-corrected chi connectivity index (χ2v) is 17.2. The van der Waals surface area contributed by atoms with Crippen LogP contribution < -0.4 is 10.6 Å². The van der Waals surface area contributed by atoms with Crippen LogP contribution in [0, 0.1) is 23.7 Å². The van der Waals surface area contributed by atoms with E-state index in [1.807, 2.05) is 29.2 Å². The van der Waals surface area contributed by atoms with Crippen LogP contribution in [0.25, 0.3) is 10.9 Å². The van der Waals surface area contributed by atoms with Crippen LogP contribution in [0.15, 0.2) is 24.3 Å². The number of carbonyl (C=O) groups is 4. The summed E-state index contributed by atoms with van der Waals surface area (Å²) in [6.07, 6.45) is 11.3. The highest BCUT2D eigenvalue weighted by molar-refractivity contribution is 6.02. The number of alkyl halides is 1. The summed E-state index contributed by atoms with van der Waals surface area (Å²) in [5.74, 6) is -0.513. The number of anilines is 1. The lowest BCUT2D eigenvalue weighted by molar-refractivity contribution is -0.142. The Balaban J connectivity index is 1.07. The number of nitrogens with one attached hydrogen (secondary N) is 2. The lowest BCUT2D eigenvalue weighted by atomic mass is 9.75. The Labute approximate surface area is 312 Å². The Bertz CT molecular complexity index is 1680. The number of methoxy groups -OCH3 is 1. The van der Waals surface area contributed by atoms with Gasteiger partial charge in [0.1, 0.15) is 24.0 Å². The van der Waals surface area contributed by atoms with Crippen molar-refractivity contribution in [1.29, 1.82) is 0 Å². The second kappa shape index (κ2) is 15.2. The lowest BCUT2D eigenvalue weighted by Gasteiger charge is -2.38. The van der Waals surface area contributed by atoms with Gasteiger partial charge in [-0.05, 0) is 133 Å². The standard InChI is InChI=1S/C41H57FN4O7/c1-40(2,3)53-39(50)44-32(24-42)26-8-10-27(11-9-26)37(48)45-21-18-31(25-12-15-30(51-4)16-13-25)35(45)36(47)43-29-14-17-33-28(22-29)23-34-38(49)52-41(46(33)34)19-6-5-7-20-41/h14,17,22-23,25-27,30-32,35H,5-13,15-16,18-21,24H2,1-4H3,(H,43,47)(H,44,50)/t25?,26?,27?,30?,31-,32+,35-/m0/s1. The molecule has 3 aliphatic carbocycles. The van der Waals surface area contributed by atoms with E-state index in [2.05, 4.69) is 15.2 Å². The first-order chi connectivity index (χ1) is 25.4. The van der Waals surface area contributed by atoms with Crippen molar-refractivity contribution in [2.45, 2.75) is 140 Å². The van der Waals surface area contributed by atoms with Crippen molar-refractivity contribution in [2.75, 3.05) is 25.6 Å². The van der Waals surface area contributed by atoms with Gasteiger partial charge in [0.05, 0.1) is 17.7 Å². The van der Waals surface area contributed by atoms with E-state index in [9.17, 15) is 23.6 Å². The molecule has 0 radical (unpaired) electrons. The smallest absolute Gasteiger partial charge is 0.407 e. The minimum Gasteiger partial charge on any atom is -0.444 e. The maximum Gasteiger partial charge on any atom is 0.407 e. The summed E-state index contributed by atoms with van der Waals surface area (Å²) in [7, 11) is 1.75. The van der Waals surface area contributed by atoms with Crippen molar-refractivity contribution < 1.29 is 37.8 Å². The average Bonchev–Trinajstić information content (AvgIpc) is 3.83. The first kappa shape index (κ1) is 37.6. The quantitative estimate of drug-likeness (QED) is 0.270. The molecule has 3 heterocycles. The van der Waals surface area contributed by atoms with Gasteiger partial charge in [-0.2, -0.15) is 0 Å². The summed E-state index contributed by atoms with van der Waals surface area (Å²) < 4.78 is 33.2. The molecule has 12 heteroatoms. The summed E-state index contributed by atoms with van der Waals surface area (Å²) in [6.45, 7) is 5.13. The Morgan fingerprint density at radius 2 is 1.70 bits per heavy atom. The number of esters is 1. The maximum atomic E-state index is 14.4. The molecule has 3 saturated carbocycles. The zero-order valence-electron chi connectivity index (χ0n) is 31.8. The number of halogens is 1. The Morgan fingerprint density at radius 1 is 0.981 bits per heavy atom. The number of hydrogen-bond donors (Lipinski definition) is 2. The largest absolute Gasteiger partial charge is 0.444 e. The minimum absolute atomic E-state index is 0.0100. The van der Waals surface area contributed by atoms with Crippen LogP contribution in [-0.2, 0) is 29.5 Å². The van der Waals surface area contributed by atoms with Gasteiger partial charge in [0.2, 0.25) is 11.8 Å². The van der Waals surface area contributed by atoms with Crippen molar-refractivity contribution in [3.8, 4) is 0 Å². The van der Waals surface area contributed by atoms with E-state index in [4.69, 9.17) is 14.2 Å². The topological polar surface area (TPSA) is 128 Å². The van der Waals surface area contributed by atoms with Gasteiger partial charge < -0.3 is 29.7 Å². The highest BCUT2D eigenvalue weighted by atomic mass is 19.1. The molecular weight excluding hydrogens is 679 g/mol. The highest BCUT2D eigenvalue weighted by Crippen LogP contribution is 2.46. The Kier molecular flexibility index (Phi) is 10.8. The number of hydrogen-bond acceptors (Lipinski definition) is 7. The third kappa shape index (κ3) is 7.67. The Morgan fingerprint density at radius 3 is 2.36 bits per heavy atom. The van der Waals surface area contributed by atoms with Crippen LogP contribution in [0.4, 0.5) is 14.9 Å².